The summed E-state index contributed by atoms with van der Waals surface area (Å²) in [5.41, 5.74) is 6.99. The van der Waals surface area contributed by atoms with Crippen LogP contribution in [0.4, 0.5) is 0 Å². The van der Waals surface area contributed by atoms with Gasteiger partial charge in [0.25, 0.3) is 0 Å². The van der Waals surface area contributed by atoms with E-state index in [1.54, 1.807) is 0 Å². The Kier molecular flexibility index (Phi) is 5.71. The molecule has 0 radical (unpaired) electrons. The highest BCUT2D eigenvalue weighted by Gasteiger charge is 2.18. The number of hydrogen-bond acceptors (Lipinski definition) is 3. The van der Waals surface area contributed by atoms with Crippen molar-refractivity contribution < 1.29 is 14.6 Å². The van der Waals surface area contributed by atoms with Gasteiger partial charge in [-0.25, -0.2) is 0 Å². The lowest BCUT2D eigenvalue weighted by molar-refractivity contribution is -0.136. The molecule has 0 spiro atoms. The summed E-state index contributed by atoms with van der Waals surface area (Å²) in [6.45, 7) is 4.66. The molecule has 136 valence electrons. The number of allylic oxidation sites excluding steroid dienone is 1. The van der Waals surface area contributed by atoms with Crippen molar-refractivity contribution in [1.29, 1.82) is 0 Å². The van der Waals surface area contributed by atoms with Gasteiger partial charge in [0, 0.05) is 12.6 Å². The number of aliphatic carboxylic acids is 1. The number of aryl methyl sites for hydroxylation is 1. The van der Waals surface area contributed by atoms with Crippen LogP contribution < -0.4 is 4.74 Å². The second kappa shape index (κ2) is 8.17. The number of benzene rings is 1. The zero-order chi connectivity index (χ0) is 18.5. The van der Waals surface area contributed by atoms with Crippen LogP contribution in [0.2, 0.25) is 0 Å². The molecule has 1 aliphatic rings. The SMILES string of the molecule is Cc1c(CCC(=O)O)ccc(OCC2=C(c3ccccn3)CCC2)c1C. The number of rotatable bonds is 7. The highest BCUT2D eigenvalue weighted by atomic mass is 16.5. The number of hydrogen-bond donors (Lipinski definition) is 1. The Morgan fingerprint density at radius 1 is 1.15 bits per heavy atom. The van der Waals surface area contributed by atoms with Crippen LogP contribution >= 0.6 is 0 Å². The summed E-state index contributed by atoms with van der Waals surface area (Å²) < 4.78 is 6.13. The first kappa shape index (κ1) is 18.2. The highest BCUT2D eigenvalue weighted by molar-refractivity contribution is 5.68. The Hall–Kier alpha value is -2.62. The maximum absolute atomic E-state index is 10.8. The van der Waals surface area contributed by atoms with Crippen LogP contribution in [-0.2, 0) is 11.2 Å². The van der Waals surface area contributed by atoms with E-state index in [0.717, 1.165) is 47.4 Å². The van der Waals surface area contributed by atoms with Gasteiger partial charge in [-0.05, 0) is 85.6 Å². The molecule has 1 N–H and O–H groups in total. The van der Waals surface area contributed by atoms with Crippen LogP contribution in [0.5, 0.6) is 5.75 Å². The Balaban J connectivity index is 1.73. The number of aromatic nitrogens is 1. The van der Waals surface area contributed by atoms with E-state index >= 15 is 0 Å². The Bertz CT molecular complexity index is 825. The molecule has 0 bridgehead atoms. The topological polar surface area (TPSA) is 59.4 Å². The van der Waals surface area contributed by atoms with Gasteiger partial charge in [0.05, 0.1) is 5.69 Å². The van der Waals surface area contributed by atoms with E-state index < -0.39 is 5.97 Å². The molecule has 4 heteroatoms. The van der Waals surface area contributed by atoms with Gasteiger partial charge in [0.15, 0.2) is 0 Å². The molecular weight excluding hydrogens is 326 g/mol. The van der Waals surface area contributed by atoms with E-state index in [9.17, 15) is 4.79 Å². The van der Waals surface area contributed by atoms with Gasteiger partial charge < -0.3 is 9.84 Å². The van der Waals surface area contributed by atoms with Crippen LogP contribution in [0.1, 0.15) is 48.1 Å². The van der Waals surface area contributed by atoms with Crippen LogP contribution in [-0.4, -0.2) is 22.7 Å². The molecule has 0 amide bonds. The van der Waals surface area contributed by atoms with Gasteiger partial charge in [0.2, 0.25) is 0 Å². The lowest BCUT2D eigenvalue weighted by Crippen LogP contribution is -2.05. The zero-order valence-electron chi connectivity index (χ0n) is 15.4. The number of ether oxygens (including phenoxy) is 1. The fourth-order valence-electron chi connectivity index (χ4n) is 3.50. The fraction of sp³-hybridized carbons (Fsp3) is 0.364. The highest BCUT2D eigenvalue weighted by Crippen LogP contribution is 2.34. The lowest BCUT2D eigenvalue weighted by atomic mass is 9.99. The Morgan fingerprint density at radius 2 is 2.00 bits per heavy atom. The average molecular weight is 351 g/mol. The van der Waals surface area contributed by atoms with Crippen LogP contribution in [0.25, 0.3) is 5.57 Å². The standard InChI is InChI=1S/C22H25NO3/c1-15-16(2)21(11-9-17(15)10-12-22(24)25)26-14-18-6-5-7-19(18)20-8-3-4-13-23-20/h3-4,8-9,11,13H,5-7,10,12,14H2,1-2H3,(H,24,25). The van der Waals surface area contributed by atoms with Crippen molar-refractivity contribution in [3.63, 3.8) is 0 Å². The fourth-order valence-corrected chi connectivity index (χ4v) is 3.50. The summed E-state index contributed by atoms with van der Waals surface area (Å²) in [5, 5.41) is 8.88. The summed E-state index contributed by atoms with van der Waals surface area (Å²) in [6.07, 6.45) is 5.81. The molecular formula is C22H25NO3. The summed E-state index contributed by atoms with van der Waals surface area (Å²) in [4.78, 5) is 15.3. The predicted octanol–water partition coefficient (Wildman–Crippen LogP) is 4.73. The molecule has 1 aromatic carbocycles. The van der Waals surface area contributed by atoms with Crippen molar-refractivity contribution in [2.24, 2.45) is 0 Å². The second-order valence-corrected chi connectivity index (χ2v) is 6.81. The molecule has 1 aromatic heterocycles. The molecule has 3 rings (SSSR count). The summed E-state index contributed by atoms with van der Waals surface area (Å²) in [6, 6.07) is 9.98. The molecule has 1 aliphatic carbocycles. The molecule has 0 unspecified atom stereocenters. The smallest absolute Gasteiger partial charge is 0.303 e. The third-order valence-corrected chi connectivity index (χ3v) is 5.17. The zero-order valence-corrected chi connectivity index (χ0v) is 15.4. The van der Waals surface area contributed by atoms with Gasteiger partial charge in [-0.15, -0.1) is 0 Å². The number of carbonyl (C=O) groups is 1. The van der Waals surface area contributed by atoms with Gasteiger partial charge in [-0.2, -0.15) is 0 Å². The van der Waals surface area contributed by atoms with Crippen LogP contribution in [0.15, 0.2) is 42.1 Å². The van der Waals surface area contributed by atoms with E-state index in [2.05, 4.69) is 11.1 Å². The molecule has 0 saturated heterocycles. The first-order valence-corrected chi connectivity index (χ1v) is 9.12. The number of carboxylic acid groups (broad SMARTS) is 1. The minimum Gasteiger partial charge on any atom is -0.489 e. The number of nitrogens with zero attached hydrogens (tertiary/aromatic N) is 1. The van der Waals surface area contributed by atoms with E-state index in [-0.39, 0.29) is 6.42 Å². The summed E-state index contributed by atoms with van der Waals surface area (Å²) in [5.74, 6) is 0.110. The van der Waals surface area contributed by atoms with E-state index in [4.69, 9.17) is 9.84 Å². The quantitative estimate of drug-likeness (QED) is 0.783. The normalized spacial score (nSPS) is 13.9. The van der Waals surface area contributed by atoms with Crippen molar-refractivity contribution in [3.05, 3.63) is 64.5 Å². The minimum atomic E-state index is -0.766. The van der Waals surface area contributed by atoms with Crippen molar-refractivity contribution in [2.75, 3.05) is 6.61 Å². The minimum absolute atomic E-state index is 0.154. The third kappa shape index (κ3) is 4.13. The Labute approximate surface area is 154 Å². The average Bonchev–Trinajstić information content (AvgIpc) is 3.11. The van der Waals surface area contributed by atoms with Gasteiger partial charge in [-0.1, -0.05) is 12.1 Å². The number of carboxylic acids is 1. The monoisotopic (exact) mass is 351 g/mol. The second-order valence-electron chi connectivity index (χ2n) is 6.81. The van der Waals surface area contributed by atoms with Crippen molar-refractivity contribution in [1.82, 2.24) is 4.98 Å². The molecule has 0 fully saturated rings. The molecule has 1 heterocycles. The third-order valence-electron chi connectivity index (χ3n) is 5.17. The van der Waals surface area contributed by atoms with E-state index in [1.165, 1.54) is 11.1 Å². The summed E-state index contributed by atoms with van der Waals surface area (Å²) in [7, 11) is 0. The molecule has 0 atom stereocenters. The molecule has 0 aliphatic heterocycles. The molecule has 4 nitrogen and oxygen atoms in total. The van der Waals surface area contributed by atoms with Crippen LogP contribution in [0, 0.1) is 13.8 Å². The lowest BCUT2D eigenvalue weighted by Gasteiger charge is -2.15. The summed E-state index contributed by atoms with van der Waals surface area (Å²) >= 11 is 0. The van der Waals surface area contributed by atoms with Gasteiger partial charge in [-0.3, -0.25) is 9.78 Å². The first-order valence-electron chi connectivity index (χ1n) is 9.12. The predicted molar refractivity (Wildman–Crippen MR) is 102 cm³/mol. The van der Waals surface area contributed by atoms with E-state index in [1.807, 2.05) is 44.3 Å². The van der Waals surface area contributed by atoms with Crippen molar-refractivity contribution in [3.8, 4) is 5.75 Å². The van der Waals surface area contributed by atoms with Gasteiger partial charge >= 0.3 is 5.97 Å². The largest absolute Gasteiger partial charge is 0.489 e. The van der Waals surface area contributed by atoms with Gasteiger partial charge in [0.1, 0.15) is 12.4 Å². The van der Waals surface area contributed by atoms with Crippen molar-refractivity contribution >= 4 is 11.5 Å². The van der Waals surface area contributed by atoms with E-state index in [0.29, 0.717) is 13.0 Å². The maximum atomic E-state index is 10.8. The van der Waals surface area contributed by atoms with Crippen LogP contribution in [0.3, 0.4) is 0 Å². The number of pyridine rings is 1. The maximum Gasteiger partial charge on any atom is 0.303 e. The Morgan fingerprint density at radius 3 is 2.73 bits per heavy atom. The first-order chi connectivity index (χ1) is 12.6. The van der Waals surface area contributed by atoms with Crippen molar-refractivity contribution in [2.45, 2.75) is 46.0 Å². The molecule has 2 aromatic rings. The molecule has 26 heavy (non-hydrogen) atoms. The molecule has 0 saturated carbocycles.